The van der Waals surface area contributed by atoms with E-state index in [0.29, 0.717) is 16.7 Å². The summed E-state index contributed by atoms with van der Waals surface area (Å²) in [5.74, 6) is -1.20. The highest BCUT2D eigenvalue weighted by Crippen LogP contribution is 2.28. The first-order valence-corrected chi connectivity index (χ1v) is 8.69. The normalized spacial score (nSPS) is 18.5. The van der Waals surface area contributed by atoms with E-state index in [-0.39, 0.29) is 6.61 Å². The number of aryl methyl sites for hydroxylation is 1. The van der Waals surface area contributed by atoms with Gasteiger partial charge in [0.15, 0.2) is 0 Å². The molecule has 142 valence electrons. The molecule has 1 aliphatic rings. The molecule has 1 aliphatic heterocycles. The number of amides is 3. The van der Waals surface area contributed by atoms with Crippen LogP contribution < -0.4 is 5.32 Å². The second kappa shape index (κ2) is 7.53. The van der Waals surface area contributed by atoms with Crippen LogP contribution in [-0.4, -0.2) is 29.4 Å². The summed E-state index contributed by atoms with van der Waals surface area (Å²) in [6.07, 6.45) is 0. The van der Waals surface area contributed by atoms with Crippen LogP contribution in [0.2, 0.25) is 0 Å². The van der Waals surface area contributed by atoms with Crippen LogP contribution in [0.15, 0.2) is 48.5 Å². The van der Waals surface area contributed by atoms with Crippen molar-refractivity contribution in [1.29, 1.82) is 5.26 Å². The average molecular weight is 377 g/mol. The van der Waals surface area contributed by atoms with Gasteiger partial charge in [0.25, 0.3) is 5.91 Å². The maximum Gasteiger partial charge on any atom is 0.326 e. The third-order valence-electron chi connectivity index (χ3n) is 4.67. The zero-order chi connectivity index (χ0) is 20.3. The molecule has 7 heteroatoms. The number of esters is 1. The van der Waals surface area contributed by atoms with Crippen LogP contribution in [0.4, 0.5) is 4.79 Å². The summed E-state index contributed by atoms with van der Waals surface area (Å²) >= 11 is 0. The van der Waals surface area contributed by atoms with Gasteiger partial charge in [0, 0.05) is 0 Å². The van der Waals surface area contributed by atoms with Gasteiger partial charge in [-0.1, -0.05) is 42.0 Å². The number of hydrogen-bond acceptors (Lipinski definition) is 5. The topological polar surface area (TPSA) is 99.5 Å². The maximum atomic E-state index is 12.8. The largest absolute Gasteiger partial charge is 0.459 e. The zero-order valence-electron chi connectivity index (χ0n) is 15.6. The van der Waals surface area contributed by atoms with Crippen molar-refractivity contribution in [2.75, 3.05) is 6.54 Å². The zero-order valence-corrected chi connectivity index (χ0v) is 15.6. The molecule has 0 aromatic heterocycles. The third-order valence-corrected chi connectivity index (χ3v) is 4.67. The quantitative estimate of drug-likeness (QED) is 0.637. The molecule has 2 aromatic rings. The lowest BCUT2D eigenvalue weighted by Crippen LogP contribution is -2.41. The van der Waals surface area contributed by atoms with Crippen LogP contribution in [0, 0.1) is 18.3 Å². The Balaban J connectivity index is 1.64. The summed E-state index contributed by atoms with van der Waals surface area (Å²) in [6, 6.07) is 15.2. The highest BCUT2D eigenvalue weighted by molar-refractivity contribution is 6.08. The van der Waals surface area contributed by atoms with Gasteiger partial charge in [0.05, 0.1) is 11.6 Å². The van der Waals surface area contributed by atoms with Crippen LogP contribution in [-0.2, 0) is 26.5 Å². The smallest absolute Gasteiger partial charge is 0.326 e. The van der Waals surface area contributed by atoms with Gasteiger partial charge in [-0.2, -0.15) is 5.26 Å². The van der Waals surface area contributed by atoms with Crippen LogP contribution >= 0.6 is 0 Å². The minimum atomic E-state index is -1.22. The van der Waals surface area contributed by atoms with E-state index in [4.69, 9.17) is 10.00 Å². The number of benzene rings is 2. The van der Waals surface area contributed by atoms with E-state index in [9.17, 15) is 14.4 Å². The molecule has 0 unspecified atom stereocenters. The van der Waals surface area contributed by atoms with E-state index in [2.05, 4.69) is 5.32 Å². The molecule has 1 fully saturated rings. The van der Waals surface area contributed by atoms with Crippen molar-refractivity contribution in [3.8, 4) is 6.07 Å². The summed E-state index contributed by atoms with van der Waals surface area (Å²) < 4.78 is 5.15. The first-order valence-electron chi connectivity index (χ1n) is 8.69. The summed E-state index contributed by atoms with van der Waals surface area (Å²) in [5.41, 5.74) is 1.66. The predicted molar refractivity (Wildman–Crippen MR) is 99.7 cm³/mol. The number of urea groups is 1. The highest BCUT2D eigenvalue weighted by Gasteiger charge is 2.49. The minimum Gasteiger partial charge on any atom is -0.459 e. The van der Waals surface area contributed by atoms with Gasteiger partial charge in [-0.15, -0.1) is 0 Å². The van der Waals surface area contributed by atoms with Gasteiger partial charge in [0.2, 0.25) is 0 Å². The van der Waals surface area contributed by atoms with Gasteiger partial charge >= 0.3 is 12.0 Å². The number of nitriles is 1. The summed E-state index contributed by atoms with van der Waals surface area (Å²) in [6.45, 7) is 3.06. The number of imide groups is 1. The monoisotopic (exact) mass is 377 g/mol. The maximum absolute atomic E-state index is 12.8. The van der Waals surface area contributed by atoms with Crippen LogP contribution in [0.25, 0.3) is 0 Å². The Morgan fingerprint density at radius 2 is 1.79 bits per heavy atom. The number of nitrogens with one attached hydrogen (secondary N) is 1. The molecule has 2 aromatic carbocycles. The lowest BCUT2D eigenvalue weighted by molar-refractivity contribution is -0.148. The van der Waals surface area contributed by atoms with E-state index < -0.39 is 30.0 Å². The first kappa shape index (κ1) is 19.1. The number of ether oxygens (including phenoxy) is 1. The van der Waals surface area contributed by atoms with E-state index >= 15 is 0 Å². The molecular formula is C21H19N3O4. The predicted octanol–water partition coefficient (Wildman–Crippen LogP) is 2.38. The Kier molecular flexibility index (Phi) is 5.14. The van der Waals surface area contributed by atoms with Crippen molar-refractivity contribution < 1.29 is 19.1 Å². The lowest BCUT2D eigenvalue weighted by Gasteiger charge is -2.22. The van der Waals surface area contributed by atoms with E-state index in [0.717, 1.165) is 10.5 Å². The Labute approximate surface area is 162 Å². The van der Waals surface area contributed by atoms with Gasteiger partial charge in [-0.05, 0) is 37.1 Å². The van der Waals surface area contributed by atoms with Crippen molar-refractivity contribution in [3.05, 3.63) is 70.8 Å². The number of nitrogens with zero attached hydrogens (tertiary/aromatic N) is 2. The van der Waals surface area contributed by atoms with Gasteiger partial charge in [-0.25, -0.2) is 4.79 Å². The van der Waals surface area contributed by atoms with E-state index in [1.165, 1.54) is 0 Å². The molecule has 1 N–H and O–H groups in total. The van der Waals surface area contributed by atoms with Crippen LogP contribution in [0.1, 0.15) is 29.2 Å². The first-order chi connectivity index (χ1) is 13.3. The second-order valence-electron chi connectivity index (χ2n) is 6.78. The molecule has 7 nitrogen and oxygen atoms in total. The molecule has 1 atom stereocenters. The van der Waals surface area contributed by atoms with Crippen molar-refractivity contribution >= 4 is 17.9 Å². The minimum absolute atomic E-state index is 0.0105. The molecule has 0 radical (unpaired) electrons. The van der Waals surface area contributed by atoms with Crippen molar-refractivity contribution in [3.63, 3.8) is 0 Å². The Bertz CT molecular complexity index is 961. The van der Waals surface area contributed by atoms with Crippen molar-refractivity contribution in [1.82, 2.24) is 10.2 Å². The molecule has 0 aliphatic carbocycles. The lowest BCUT2D eigenvalue weighted by atomic mass is 9.91. The molecule has 3 amide bonds. The van der Waals surface area contributed by atoms with Crippen LogP contribution in [0.5, 0.6) is 0 Å². The van der Waals surface area contributed by atoms with Crippen molar-refractivity contribution in [2.45, 2.75) is 26.0 Å². The molecule has 1 saturated heterocycles. The number of carbonyl (C=O) groups excluding carboxylic acids is 3. The molecule has 28 heavy (non-hydrogen) atoms. The van der Waals surface area contributed by atoms with E-state index in [1.807, 2.05) is 25.1 Å². The fraction of sp³-hybridized carbons (Fsp3) is 0.238. The fourth-order valence-corrected chi connectivity index (χ4v) is 2.94. The Morgan fingerprint density at radius 3 is 2.39 bits per heavy atom. The fourth-order valence-electron chi connectivity index (χ4n) is 2.94. The molecule has 0 saturated carbocycles. The van der Waals surface area contributed by atoms with Gasteiger partial charge in [-0.3, -0.25) is 14.5 Å². The summed E-state index contributed by atoms with van der Waals surface area (Å²) in [7, 11) is 0. The summed E-state index contributed by atoms with van der Waals surface area (Å²) in [5, 5.41) is 11.4. The highest BCUT2D eigenvalue weighted by atomic mass is 16.5. The molecule has 0 spiro atoms. The number of rotatable bonds is 5. The number of carbonyl (C=O) groups is 3. The van der Waals surface area contributed by atoms with Gasteiger partial charge in [0.1, 0.15) is 18.7 Å². The molecule has 0 bridgehead atoms. The Morgan fingerprint density at radius 1 is 1.14 bits per heavy atom. The molecular weight excluding hydrogens is 358 g/mol. The Hall–Kier alpha value is -3.66. The third kappa shape index (κ3) is 3.71. The standard InChI is InChI=1S/C21H19N3O4/c1-14-3-9-17(10-4-14)21(2)19(26)24(20(27)23-21)12-18(25)28-13-16-7-5-15(11-22)6-8-16/h3-10H,12-13H2,1-2H3,(H,23,27)/t21-/m0/s1. The summed E-state index contributed by atoms with van der Waals surface area (Å²) in [4.78, 5) is 38.1. The van der Waals surface area contributed by atoms with E-state index in [1.54, 1.807) is 43.3 Å². The SMILES string of the molecule is Cc1ccc([C@]2(C)NC(=O)N(CC(=O)OCc3ccc(C#N)cc3)C2=O)cc1. The molecule has 1 heterocycles. The number of hydrogen-bond donors (Lipinski definition) is 1. The molecule has 3 rings (SSSR count). The second-order valence-corrected chi connectivity index (χ2v) is 6.78. The van der Waals surface area contributed by atoms with Crippen LogP contribution in [0.3, 0.4) is 0 Å². The average Bonchev–Trinajstić information content (AvgIpc) is 2.91. The van der Waals surface area contributed by atoms with Crippen molar-refractivity contribution in [2.24, 2.45) is 0 Å². The van der Waals surface area contributed by atoms with Gasteiger partial charge < -0.3 is 10.1 Å².